The van der Waals surface area contributed by atoms with Gasteiger partial charge < -0.3 is 15.3 Å². The number of likely N-dealkylation sites (N-methyl/N-ethyl adjacent to an activating group) is 1. The van der Waals surface area contributed by atoms with Gasteiger partial charge in [-0.1, -0.05) is 26.0 Å². The number of aliphatic hydroxyl groups is 1. The van der Waals surface area contributed by atoms with Crippen LogP contribution in [0.5, 0.6) is 0 Å². The van der Waals surface area contributed by atoms with E-state index in [4.69, 9.17) is 0 Å². The number of benzene rings is 1. The predicted molar refractivity (Wildman–Crippen MR) is 78.3 cm³/mol. The molecule has 0 heterocycles. The molecule has 3 heteroatoms. The maximum atomic E-state index is 9.23. The van der Waals surface area contributed by atoms with Crippen LogP contribution in [0.15, 0.2) is 24.3 Å². The van der Waals surface area contributed by atoms with Crippen LogP contribution in [0.4, 0.5) is 5.69 Å². The number of nitrogens with zero attached hydrogens (tertiary/aromatic N) is 1. The van der Waals surface area contributed by atoms with E-state index in [1.807, 2.05) is 0 Å². The lowest BCUT2D eigenvalue weighted by Crippen LogP contribution is -2.35. The molecule has 0 amide bonds. The Morgan fingerprint density at radius 1 is 1.22 bits per heavy atom. The highest BCUT2D eigenvalue weighted by Crippen LogP contribution is 2.14. The lowest BCUT2D eigenvalue weighted by atomic mass is 10.1. The number of anilines is 1. The average molecular weight is 250 g/mol. The van der Waals surface area contributed by atoms with Gasteiger partial charge >= 0.3 is 0 Å². The summed E-state index contributed by atoms with van der Waals surface area (Å²) >= 11 is 0. The van der Waals surface area contributed by atoms with Gasteiger partial charge in [-0.3, -0.25) is 0 Å². The van der Waals surface area contributed by atoms with Gasteiger partial charge in [0.05, 0.1) is 6.61 Å². The zero-order valence-electron chi connectivity index (χ0n) is 11.8. The second-order valence-electron chi connectivity index (χ2n) is 4.67. The molecule has 0 spiro atoms. The molecule has 1 atom stereocenters. The van der Waals surface area contributed by atoms with Crippen LogP contribution in [0.2, 0.25) is 0 Å². The highest BCUT2D eigenvalue weighted by molar-refractivity contribution is 5.46. The Bertz CT molecular complexity index is 324. The number of rotatable bonds is 8. The summed E-state index contributed by atoms with van der Waals surface area (Å²) in [6, 6.07) is 8.90. The van der Waals surface area contributed by atoms with Gasteiger partial charge in [0.2, 0.25) is 0 Å². The van der Waals surface area contributed by atoms with E-state index >= 15 is 0 Å². The smallest absolute Gasteiger partial charge is 0.0585 e. The van der Waals surface area contributed by atoms with E-state index in [9.17, 15) is 5.11 Å². The van der Waals surface area contributed by atoms with E-state index in [0.717, 1.165) is 25.9 Å². The standard InChI is InChI=1S/C15H26N2O/c1-4-13-6-8-15(9-7-13)17(3)11-10-14(12-18)16-5-2/h6-9,14,16,18H,4-5,10-12H2,1-3H3. The summed E-state index contributed by atoms with van der Waals surface area (Å²) in [6.07, 6.45) is 2.04. The Kier molecular flexibility index (Phi) is 6.76. The van der Waals surface area contributed by atoms with Crippen molar-refractivity contribution in [3.05, 3.63) is 29.8 Å². The monoisotopic (exact) mass is 250 g/mol. The number of nitrogens with one attached hydrogen (secondary N) is 1. The summed E-state index contributed by atoms with van der Waals surface area (Å²) in [5, 5.41) is 12.5. The van der Waals surface area contributed by atoms with E-state index in [0.29, 0.717) is 0 Å². The first-order chi connectivity index (χ1) is 8.71. The van der Waals surface area contributed by atoms with Crippen molar-refractivity contribution < 1.29 is 5.11 Å². The normalized spacial score (nSPS) is 12.4. The van der Waals surface area contributed by atoms with Gasteiger partial charge in [-0.05, 0) is 37.1 Å². The molecule has 0 aliphatic rings. The van der Waals surface area contributed by atoms with Crippen LogP contribution in [0.25, 0.3) is 0 Å². The third-order valence-electron chi connectivity index (χ3n) is 3.31. The van der Waals surface area contributed by atoms with E-state index in [-0.39, 0.29) is 12.6 Å². The molecule has 0 bridgehead atoms. The van der Waals surface area contributed by atoms with Gasteiger partial charge in [0, 0.05) is 25.3 Å². The Hall–Kier alpha value is -1.06. The number of hydrogen-bond acceptors (Lipinski definition) is 3. The first kappa shape index (κ1) is 15.0. The molecule has 1 aromatic rings. The first-order valence-corrected chi connectivity index (χ1v) is 6.85. The fourth-order valence-corrected chi connectivity index (χ4v) is 2.01. The van der Waals surface area contributed by atoms with Crippen molar-refractivity contribution in [3.8, 4) is 0 Å². The van der Waals surface area contributed by atoms with Crippen molar-refractivity contribution >= 4 is 5.69 Å². The van der Waals surface area contributed by atoms with E-state index < -0.39 is 0 Å². The molecule has 0 fully saturated rings. The molecule has 1 aromatic carbocycles. The Morgan fingerprint density at radius 3 is 2.39 bits per heavy atom. The van der Waals surface area contributed by atoms with Crippen molar-refractivity contribution in [2.75, 3.05) is 31.6 Å². The minimum absolute atomic E-state index is 0.201. The maximum Gasteiger partial charge on any atom is 0.0585 e. The molecule has 2 N–H and O–H groups in total. The van der Waals surface area contributed by atoms with Crippen molar-refractivity contribution in [3.63, 3.8) is 0 Å². The van der Waals surface area contributed by atoms with Crippen molar-refractivity contribution in [1.82, 2.24) is 5.32 Å². The molecule has 0 aromatic heterocycles. The van der Waals surface area contributed by atoms with Gasteiger partial charge in [0.15, 0.2) is 0 Å². The number of hydrogen-bond donors (Lipinski definition) is 2. The largest absolute Gasteiger partial charge is 0.395 e. The molecule has 0 aliphatic carbocycles. The average Bonchev–Trinajstić information content (AvgIpc) is 2.43. The Labute approximate surface area is 111 Å². The molecule has 0 aliphatic heterocycles. The van der Waals surface area contributed by atoms with Gasteiger partial charge in [-0.15, -0.1) is 0 Å². The van der Waals surface area contributed by atoms with E-state index in [1.54, 1.807) is 0 Å². The summed E-state index contributed by atoms with van der Waals surface area (Å²) in [7, 11) is 2.10. The molecule has 0 saturated heterocycles. The summed E-state index contributed by atoms with van der Waals surface area (Å²) in [5.74, 6) is 0. The molecular formula is C15H26N2O. The lowest BCUT2D eigenvalue weighted by Gasteiger charge is -2.23. The third kappa shape index (κ3) is 4.67. The minimum Gasteiger partial charge on any atom is -0.395 e. The number of aryl methyl sites for hydroxylation is 1. The lowest BCUT2D eigenvalue weighted by molar-refractivity contribution is 0.238. The summed E-state index contributed by atoms with van der Waals surface area (Å²) in [4.78, 5) is 2.24. The zero-order chi connectivity index (χ0) is 13.4. The van der Waals surface area contributed by atoms with Crippen LogP contribution in [0, 0.1) is 0 Å². The highest BCUT2D eigenvalue weighted by Gasteiger charge is 2.07. The topological polar surface area (TPSA) is 35.5 Å². The molecule has 3 nitrogen and oxygen atoms in total. The molecule has 18 heavy (non-hydrogen) atoms. The first-order valence-electron chi connectivity index (χ1n) is 6.85. The molecule has 102 valence electrons. The van der Waals surface area contributed by atoms with Crippen LogP contribution in [0.3, 0.4) is 0 Å². The summed E-state index contributed by atoms with van der Waals surface area (Å²) in [6.45, 7) is 6.29. The highest BCUT2D eigenvalue weighted by atomic mass is 16.3. The summed E-state index contributed by atoms with van der Waals surface area (Å²) in [5.41, 5.74) is 2.61. The van der Waals surface area contributed by atoms with Crippen LogP contribution < -0.4 is 10.2 Å². The van der Waals surface area contributed by atoms with Gasteiger partial charge in [0.1, 0.15) is 0 Å². The molecule has 0 saturated carbocycles. The predicted octanol–water partition coefficient (Wildman–Crippen LogP) is 2.05. The third-order valence-corrected chi connectivity index (χ3v) is 3.31. The number of aliphatic hydroxyl groups excluding tert-OH is 1. The van der Waals surface area contributed by atoms with Crippen LogP contribution in [-0.2, 0) is 6.42 Å². The Morgan fingerprint density at radius 2 is 1.89 bits per heavy atom. The quantitative estimate of drug-likeness (QED) is 0.741. The van der Waals surface area contributed by atoms with Gasteiger partial charge in [-0.25, -0.2) is 0 Å². The van der Waals surface area contributed by atoms with Crippen molar-refractivity contribution in [1.29, 1.82) is 0 Å². The molecule has 1 unspecified atom stereocenters. The van der Waals surface area contributed by atoms with Crippen molar-refractivity contribution in [2.24, 2.45) is 0 Å². The summed E-state index contributed by atoms with van der Waals surface area (Å²) < 4.78 is 0. The Balaban J connectivity index is 2.45. The molecule has 1 rings (SSSR count). The SMILES string of the molecule is CCNC(CO)CCN(C)c1ccc(CC)cc1. The maximum absolute atomic E-state index is 9.23. The van der Waals surface area contributed by atoms with Gasteiger partial charge in [0.25, 0.3) is 0 Å². The molecular weight excluding hydrogens is 224 g/mol. The van der Waals surface area contributed by atoms with E-state index in [2.05, 4.69) is 55.4 Å². The van der Waals surface area contributed by atoms with Crippen LogP contribution in [0.1, 0.15) is 25.8 Å². The second kappa shape index (κ2) is 8.11. The van der Waals surface area contributed by atoms with E-state index in [1.165, 1.54) is 11.3 Å². The van der Waals surface area contributed by atoms with Crippen LogP contribution in [-0.4, -0.2) is 37.9 Å². The molecule has 0 radical (unpaired) electrons. The fraction of sp³-hybridized carbons (Fsp3) is 0.600. The van der Waals surface area contributed by atoms with Gasteiger partial charge in [-0.2, -0.15) is 0 Å². The van der Waals surface area contributed by atoms with Crippen LogP contribution >= 0.6 is 0 Å². The zero-order valence-corrected chi connectivity index (χ0v) is 11.8. The minimum atomic E-state index is 0.201. The fourth-order valence-electron chi connectivity index (χ4n) is 2.01. The van der Waals surface area contributed by atoms with Crippen molar-refractivity contribution in [2.45, 2.75) is 32.7 Å². The second-order valence-corrected chi connectivity index (χ2v) is 4.67.